The molecule has 3 aromatic rings. The van der Waals surface area contributed by atoms with E-state index in [1.807, 2.05) is 24.3 Å². The van der Waals surface area contributed by atoms with Crippen molar-refractivity contribution in [2.45, 2.75) is 18.8 Å². The van der Waals surface area contributed by atoms with Crippen LogP contribution >= 0.6 is 0 Å². The number of furan rings is 1. The number of nitrogens with one attached hydrogen (secondary N) is 2. The number of benzene rings is 2. The first-order valence-electron chi connectivity index (χ1n) is 8.97. The van der Waals surface area contributed by atoms with Crippen LogP contribution in [0.25, 0.3) is 0 Å². The second-order valence-corrected chi connectivity index (χ2v) is 6.17. The van der Waals surface area contributed by atoms with E-state index in [-0.39, 0.29) is 11.9 Å². The van der Waals surface area contributed by atoms with Gasteiger partial charge in [0.1, 0.15) is 5.76 Å². The third-order valence-electron chi connectivity index (χ3n) is 4.36. The third kappa shape index (κ3) is 5.24. The van der Waals surface area contributed by atoms with E-state index in [0.29, 0.717) is 19.5 Å². The van der Waals surface area contributed by atoms with Gasteiger partial charge in [0.05, 0.1) is 6.26 Å². The van der Waals surface area contributed by atoms with Gasteiger partial charge in [-0.2, -0.15) is 0 Å². The van der Waals surface area contributed by atoms with E-state index >= 15 is 0 Å². The molecule has 3 rings (SSSR count). The molecule has 2 aromatic carbocycles. The van der Waals surface area contributed by atoms with Crippen LogP contribution in [0.2, 0.25) is 0 Å². The van der Waals surface area contributed by atoms with Gasteiger partial charge in [-0.1, -0.05) is 60.7 Å². The van der Waals surface area contributed by atoms with Gasteiger partial charge in [-0.15, -0.1) is 0 Å². The fourth-order valence-corrected chi connectivity index (χ4v) is 3.04. The summed E-state index contributed by atoms with van der Waals surface area (Å²) in [7, 11) is 0. The van der Waals surface area contributed by atoms with Crippen molar-refractivity contribution in [1.82, 2.24) is 10.6 Å². The third-order valence-corrected chi connectivity index (χ3v) is 4.36. The van der Waals surface area contributed by atoms with Gasteiger partial charge in [0.25, 0.3) is 0 Å². The van der Waals surface area contributed by atoms with Crippen molar-refractivity contribution in [2.75, 3.05) is 13.1 Å². The van der Waals surface area contributed by atoms with Gasteiger partial charge in [-0.25, -0.2) is 4.79 Å². The second kappa shape index (κ2) is 9.47. The van der Waals surface area contributed by atoms with Crippen molar-refractivity contribution < 1.29 is 9.21 Å². The van der Waals surface area contributed by atoms with Crippen molar-refractivity contribution in [1.29, 1.82) is 0 Å². The molecule has 0 aliphatic rings. The zero-order valence-electron chi connectivity index (χ0n) is 14.7. The molecule has 0 spiro atoms. The number of carbonyl (C=O) groups is 1. The van der Waals surface area contributed by atoms with E-state index in [2.05, 4.69) is 59.2 Å². The smallest absolute Gasteiger partial charge is 0.314 e. The standard InChI is InChI=1S/C22H24N2O2/c25-22(23-15-13-20-12-7-17-26-20)24-16-14-21(18-8-3-1-4-9-18)19-10-5-2-6-11-19/h1-12,17,21H,13-16H2,(H2,23,24,25). The summed E-state index contributed by atoms with van der Waals surface area (Å²) >= 11 is 0. The fraction of sp³-hybridized carbons (Fsp3) is 0.227. The number of hydrogen-bond donors (Lipinski definition) is 2. The Hall–Kier alpha value is -3.01. The van der Waals surface area contributed by atoms with Gasteiger partial charge in [0.15, 0.2) is 0 Å². The molecule has 4 heteroatoms. The molecule has 0 aliphatic heterocycles. The number of hydrogen-bond acceptors (Lipinski definition) is 2. The average molecular weight is 348 g/mol. The summed E-state index contributed by atoms with van der Waals surface area (Å²) in [6.45, 7) is 1.17. The minimum Gasteiger partial charge on any atom is -0.469 e. The molecule has 0 saturated carbocycles. The molecule has 2 N–H and O–H groups in total. The predicted octanol–water partition coefficient (Wildman–Crippen LogP) is 4.34. The normalized spacial score (nSPS) is 10.7. The maximum absolute atomic E-state index is 12.0. The topological polar surface area (TPSA) is 54.3 Å². The molecule has 26 heavy (non-hydrogen) atoms. The van der Waals surface area contributed by atoms with Crippen LogP contribution in [-0.4, -0.2) is 19.1 Å². The summed E-state index contributed by atoms with van der Waals surface area (Å²) in [5.74, 6) is 1.14. The lowest BCUT2D eigenvalue weighted by Gasteiger charge is -2.18. The Labute approximate surface area is 154 Å². The zero-order chi connectivity index (χ0) is 18.0. The van der Waals surface area contributed by atoms with Gasteiger partial charge < -0.3 is 15.1 Å². The lowest BCUT2D eigenvalue weighted by atomic mass is 9.88. The molecule has 4 nitrogen and oxygen atoms in total. The van der Waals surface area contributed by atoms with Crippen LogP contribution in [0, 0.1) is 0 Å². The quantitative estimate of drug-likeness (QED) is 0.636. The highest BCUT2D eigenvalue weighted by atomic mass is 16.3. The van der Waals surface area contributed by atoms with Crippen molar-refractivity contribution in [3.8, 4) is 0 Å². The molecule has 0 radical (unpaired) electrons. The second-order valence-electron chi connectivity index (χ2n) is 6.17. The minimum absolute atomic E-state index is 0.142. The zero-order valence-corrected chi connectivity index (χ0v) is 14.7. The van der Waals surface area contributed by atoms with Crippen molar-refractivity contribution in [2.24, 2.45) is 0 Å². The van der Waals surface area contributed by atoms with E-state index in [0.717, 1.165) is 12.2 Å². The van der Waals surface area contributed by atoms with Crippen LogP contribution in [0.4, 0.5) is 4.79 Å². The molecule has 1 heterocycles. The van der Waals surface area contributed by atoms with Gasteiger partial charge >= 0.3 is 6.03 Å². The summed E-state index contributed by atoms with van der Waals surface area (Å²) < 4.78 is 5.25. The van der Waals surface area contributed by atoms with Crippen LogP contribution in [0.15, 0.2) is 83.5 Å². The van der Waals surface area contributed by atoms with Crippen LogP contribution in [0.1, 0.15) is 29.2 Å². The van der Waals surface area contributed by atoms with Gasteiger partial charge in [0, 0.05) is 25.4 Å². The molecule has 2 amide bonds. The highest BCUT2D eigenvalue weighted by Gasteiger charge is 2.14. The fourth-order valence-electron chi connectivity index (χ4n) is 3.04. The summed E-state index contributed by atoms with van der Waals surface area (Å²) in [6.07, 6.45) is 3.18. The molecule has 0 fully saturated rings. The first-order chi connectivity index (χ1) is 12.8. The van der Waals surface area contributed by atoms with E-state index in [9.17, 15) is 4.79 Å². The first-order valence-corrected chi connectivity index (χ1v) is 8.97. The Morgan fingerprint density at radius 1 is 0.808 bits per heavy atom. The summed E-state index contributed by atoms with van der Waals surface area (Å²) in [6, 6.07) is 24.4. The molecule has 0 bridgehead atoms. The average Bonchev–Trinajstić information content (AvgIpc) is 3.20. The first kappa shape index (κ1) is 17.8. The molecule has 0 unspecified atom stereocenters. The van der Waals surface area contributed by atoms with Crippen LogP contribution in [0.3, 0.4) is 0 Å². The maximum Gasteiger partial charge on any atom is 0.314 e. The number of amides is 2. The Kier molecular flexibility index (Phi) is 6.48. The predicted molar refractivity (Wildman–Crippen MR) is 103 cm³/mol. The van der Waals surface area contributed by atoms with E-state index < -0.39 is 0 Å². The van der Waals surface area contributed by atoms with Gasteiger partial charge in [-0.05, 0) is 29.7 Å². The molecular formula is C22H24N2O2. The largest absolute Gasteiger partial charge is 0.469 e. The Bertz CT molecular complexity index is 731. The van der Waals surface area contributed by atoms with Crippen molar-refractivity contribution in [3.05, 3.63) is 95.9 Å². The Morgan fingerprint density at radius 3 is 2.00 bits per heavy atom. The van der Waals surface area contributed by atoms with Crippen molar-refractivity contribution >= 4 is 6.03 Å². The van der Waals surface area contributed by atoms with Gasteiger partial charge in [0.2, 0.25) is 0 Å². The Balaban J connectivity index is 1.49. The van der Waals surface area contributed by atoms with Crippen LogP contribution in [-0.2, 0) is 6.42 Å². The van der Waals surface area contributed by atoms with E-state index in [4.69, 9.17) is 4.42 Å². The molecule has 0 atom stereocenters. The minimum atomic E-state index is -0.142. The van der Waals surface area contributed by atoms with Crippen molar-refractivity contribution in [3.63, 3.8) is 0 Å². The molecule has 1 aromatic heterocycles. The maximum atomic E-state index is 12.0. The summed E-state index contributed by atoms with van der Waals surface area (Å²) in [4.78, 5) is 12.0. The summed E-state index contributed by atoms with van der Waals surface area (Å²) in [5.41, 5.74) is 2.53. The highest BCUT2D eigenvalue weighted by molar-refractivity contribution is 5.73. The van der Waals surface area contributed by atoms with E-state index in [1.54, 1.807) is 6.26 Å². The summed E-state index contributed by atoms with van der Waals surface area (Å²) in [5, 5.41) is 5.82. The lowest BCUT2D eigenvalue weighted by Crippen LogP contribution is -2.37. The number of rotatable bonds is 8. The molecule has 0 aliphatic carbocycles. The molecular weight excluding hydrogens is 324 g/mol. The van der Waals surface area contributed by atoms with Crippen LogP contribution in [0.5, 0.6) is 0 Å². The molecule has 134 valence electrons. The number of urea groups is 1. The number of carbonyl (C=O) groups excluding carboxylic acids is 1. The monoisotopic (exact) mass is 348 g/mol. The Morgan fingerprint density at radius 2 is 1.42 bits per heavy atom. The molecule has 0 saturated heterocycles. The lowest BCUT2D eigenvalue weighted by molar-refractivity contribution is 0.240. The SMILES string of the molecule is O=C(NCCc1ccco1)NCCC(c1ccccc1)c1ccccc1. The van der Waals surface area contributed by atoms with Gasteiger partial charge in [-0.3, -0.25) is 0 Å². The van der Waals surface area contributed by atoms with Crippen LogP contribution < -0.4 is 10.6 Å². The van der Waals surface area contributed by atoms with E-state index in [1.165, 1.54) is 11.1 Å². The highest BCUT2D eigenvalue weighted by Crippen LogP contribution is 2.27.